The van der Waals surface area contributed by atoms with Gasteiger partial charge in [0.05, 0.1) is 6.20 Å². The highest BCUT2D eigenvalue weighted by atomic mass is 19.1. The Morgan fingerprint density at radius 3 is 2.67 bits per heavy atom. The number of aromatic nitrogens is 4. The zero-order valence-electron chi connectivity index (χ0n) is 24.5. The van der Waals surface area contributed by atoms with Crippen LogP contribution in [0.4, 0.5) is 16.0 Å². The summed E-state index contributed by atoms with van der Waals surface area (Å²) in [6.45, 7) is 7.14. The summed E-state index contributed by atoms with van der Waals surface area (Å²) in [5.74, 6) is 1.56. The number of ether oxygens (including phenoxy) is 1. The Morgan fingerprint density at radius 1 is 1.07 bits per heavy atom. The van der Waals surface area contributed by atoms with Gasteiger partial charge in [-0.1, -0.05) is 18.2 Å². The lowest BCUT2D eigenvalue weighted by Crippen LogP contribution is -2.46. The second kappa shape index (κ2) is 13.0. The molecule has 11 heteroatoms. The molecule has 2 N–H and O–H groups in total. The maximum atomic E-state index is 16.1. The Balaban J connectivity index is 1.17. The lowest BCUT2D eigenvalue weighted by molar-refractivity contribution is 0.248. The zero-order valence-corrected chi connectivity index (χ0v) is 24.5. The van der Waals surface area contributed by atoms with Gasteiger partial charge in [0.2, 0.25) is 5.82 Å². The van der Waals surface area contributed by atoms with Gasteiger partial charge in [0, 0.05) is 58.1 Å². The molecule has 0 radical (unpaired) electrons. The second-order valence-electron chi connectivity index (χ2n) is 11.4. The summed E-state index contributed by atoms with van der Waals surface area (Å²) in [7, 11) is 4.08. The van der Waals surface area contributed by atoms with E-state index >= 15 is 4.39 Å². The van der Waals surface area contributed by atoms with Gasteiger partial charge in [0.25, 0.3) is 0 Å². The first-order valence-electron chi connectivity index (χ1n) is 14.8. The van der Waals surface area contributed by atoms with Crippen LogP contribution >= 0.6 is 0 Å². The van der Waals surface area contributed by atoms with Crippen LogP contribution in [0, 0.1) is 5.82 Å². The summed E-state index contributed by atoms with van der Waals surface area (Å²) in [5.41, 5.74) is 2.78. The molecule has 2 saturated heterocycles. The molecule has 0 unspecified atom stereocenters. The van der Waals surface area contributed by atoms with Crippen LogP contribution < -0.4 is 20.3 Å². The summed E-state index contributed by atoms with van der Waals surface area (Å²) >= 11 is 0. The van der Waals surface area contributed by atoms with Crippen LogP contribution in [0.3, 0.4) is 0 Å². The van der Waals surface area contributed by atoms with E-state index in [9.17, 15) is 0 Å². The molecule has 0 spiro atoms. The standard InChI is InChI=1S/C31H40FN9O/c1-38(2)18-19-42-25-10-8-23(9-11-25)22-39-14-16-40(17-15-39)31-28(32)30(35-24-6-5-12-33-20-24)36-29(37-31)26-21-34-27-7-3-4-13-41(26)27/h3-4,7-11,13,21,24,33H,5-6,12,14-20,22H2,1-2H3,(H,35,36,37)/t24-/m1/s1. The number of rotatable bonds is 10. The normalized spacial score (nSPS) is 18.1. The second-order valence-corrected chi connectivity index (χ2v) is 11.4. The number of hydrogen-bond donors (Lipinski definition) is 2. The van der Waals surface area contributed by atoms with Gasteiger partial charge in [-0.25, -0.2) is 15.0 Å². The number of imidazole rings is 1. The molecular weight excluding hydrogens is 533 g/mol. The quantitative estimate of drug-likeness (QED) is 0.297. The number of fused-ring (bicyclic) bond motifs is 1. The third-order valence-electron chi connectivity index (χ3n) is 7.93. The van der Waals surface area contributed by atoms with Crippen LogP contribution in [-0.2, 0) is 6.54 Å². The summed E-state index contributed by atoms with van der Waals surface area (Å²) in [6, 6.07) is 14.3. The van der Waals surface area contributed by atoms with Gasteiger partial charge >= 0.3 is 0 Å². The largest absolute Gasteiger partial charge is 0.492 e. The maximum Gasteiger partial charge on any atom is 0.207 e. The smallest absolute Gasteiger partial charge is 0.207 e. The van der Waals surface area contributed by atoms with Crippen molar-refractivity contribution in [2.75, 3.05) is 76.7 Å². The molecule has 2 aliphatic heterocycles. The molecule has 6 rings (SSSR count). The van der Waals surface area contributed by atoms with E-state index in [1.165, 1.54) is 5.56 Å². The van der Waals surface area contributed by atoms with Crippen molar-refractivity contribution < 1.29 is 9.13 Å². The van der Waals surface area contributed by atoms with E-state index in [4.69, 9.17) is 9.72 Å². The Kier molecular flexibility index (Phi) is 8.78. The van der Waals surface area contributed by atoms with E-state index in [1.54, 1.807) is 6.20 Å². The van der Waals surface area contributed by atoms with Crippen molar-refractivity contribution in [3.05, 3.63) is 66.2 Å². The number of nitrogens with zero attached hydrogens (tertiary/aromatic N) is 7. The molecule has 0 amide bonds. The van der Waals surface area contributed by atoms with Gasteiger partial charge in [-0.2, -0.15) is 4.39 Å². The first-order chi connectivity index (χ1) is 20.5. The molecule has 42 heavy (non-hydrogen) atoms. The maximum absolute atomic E-state index is 16.1. The average Bonchev–Trinajstić information content (AvgIpc) is 3.44. The molecule has 2 aliphatic rings. The fraction of sp³-hybridized carbons (Fsp3) is 0.452. The van der Waals surface area contributed by atoms with E-state index < -0.39 is 5.82 Å². The molecule has 0 saturated carbocycles. The number of halogens is 1. The number of nitrogens with one attached hydrogen (secondary N) is 2. The first-order valence-corrected chi connectivity index (χ1v) is 14.8. The van der Waals surface area contributed by atoms with Crippen LogP contribution in [0.15, 0.2) is 54.9 Å². The van der Waals surface area contributed by atoms with E-state index in [1.807, 2.05) is 59.9 Å². The molecule has 0 bridgehead atoms. The van der Waals surface area contributed by atoms with Crippen molar-refractivity contribution >= 4 is 17.3 Å². The van der Waals surface area contributed by atoms with Gasteiger partial charge in [-0.3, -0.25) is 9.30 Å². The van der Waals surface area contributed by atoms with Crippen LogP contribution in [0.2, 0.25) is 0 Å². The lowest BCUT2D eigenvalue weighted by atomic mass is 10.1. The highest BCUT2D eigenvalue weighted by Gasteiger charge is 2.26. The molecule has 1 atom stereocenters. The number of benzene rings is 1. The predicted molar refractivity (Wildman–Crippen MR) is 164 cm³/mol. The van der Waals surface area contributed by atoms with E-state index in [-0.39, 0.29) is 11.9 Å². The molecule has 3 aromatic heterocycles. The predicted octanol–water partition coefficient (Wildman–Crippen LogP) is 3.36. The first kappa shape index (κ1) is 28.3. The summed E-state index contributed by atoms with van der Waals surface area (Å²) in [5, 5.41) is 6.77. The van der Waals surface area contributed by atoms with Crippen molar-refractivity contribution in [1.29, 1.82) is 0 Å². The fourth-order valence-corrected chi connectivity index (χ4v) is 5.53. The Labute approximate surface area is 246 Å². The summed E-state index contributed by atoms with van der Waals surface area (Å²) < 4.78 is 23.8. The number of hydrogen-bond acceptors (Lipinski definition) is 9. The zero-order chi connectivity index (χ0) is 28.9. The van der Waals surface area contributed by atoms with Gasteiger partial charge in [-0.05, 0) is 63.3 Å². The summed E-state index contributed by atoms with van der Waals surface area (Å²) in [6.07, 6.45) is 5.71. The molecule has 0 aliphatic carbocycles. The Bertz CT molecular complexity index is 1460. The highest BCUT2D eigenvalue weighted by Crippen LogP contribution is 2.29. The average molecular weight is 574 g/mol. The molecular formula is C31H40FN9O. The topological polar surface area (TPSA) is 86.1 Å². The van der Waals surface area contributed by atoms with Gasteiger partial charge in [-0.15, -0.1) is 0 Å². The fourth-order valence-electron chi connectivity index (χ4n) is 5.53. The SMILES string of the molecule is CN(C)CCOc1ccc(CN2CCN(c3nc(-c4cnc5ccccn45)nc(N[C@@H]4CCCNC4)c3F)CC2)cc1. The number of piperidine rings is 1. The molecule has 1 aromatic carbocycles. The minimum atomic E-state index is -0.392. The van der Waals surface area contributed by atoms with Crippen molar-refractivity contribution in [3.8, 4) is 17.3 Å². The highest BCUT2D eigenvalue weighted by molar-refractivity contribution is 5.63. The number of pyridine rings is 1. The van der Waals surface area contributed by atoms with Crippen LogP contribution in [-0.4, -0.2) is 102 Å². The van der Waals surface area contributed by atoms with Crippen LogP contribution in [0.5, 0.6) is 5.75 Å². The molecule has 222 valence electrons. The third-order valence-corrected chi connectivity index (χ3v) is 7.93. The number of piperazine rings is 1. The molecule has 5 heterocycles. The Hall–Kier alpha value is -3.80. The van der Waals surface area contributed by atoms with Gasteiger partial charge in [0.15, 0.2) is 17.5 Å². The van der Waals surface area contributed by atoms with E-state index in [0.717, 1.165) is 69.2 Å². The lowest BCUT2D eigenvalue weighted by Gasteiger charge is -2.36. The van der Waals surface area contributed by atoms with Crippen molar-refractivity contribution in [2.24, 2.45) is 0 Å². The third kappa shape index (κ3) is 6.64. The van der Waals surface area contributed by atoms with E-state index in [2.05, 4.69) is 42.5 Å². The van der Waals surface area contributed by atoms with Gasteiger partial charge < -0.3 is 25.2 Å². The molecule has 2 fully saturated rings. The molecule has 10 nitrogen and oxygen atoms in total. The van der Waals surface area contributed by atoms with Crippen molar-refractivity contribution in [2.45, 2.75) is 25.4 Å². The van der Waals surface area contributed by atoms with Crippen molar-refractivity contribution in [3.63, 3.8) is 0 Å². The molecule has 4 aromatic rings. The van der Waals surface area contributed by atoms with Gasteiger partial charge in [0.1, 0.15) is 23.7 Å². The van der Waals surface area contributed by atoms with Crippen LogP contribution in [0.1, 0.15) is 18.4 Å². The van der Waals surface area contributed by atoms with E-state index in [0.29, 0.717) is 31.3 Å². The minimum Gasteiger partial charge on any atom is -0.492 e. The number of anilines is 2. The van der Waals surface area contributed by atoms with Crippen LogP contribution in [0.25, 0.3) is 17.2 Å². The monoisotopic (exact) mass is 573 g/mol. The summed E-state index contributed by atoms with van der Waals surface area (Å²) in [4.78, 5) is 20.5. The van der Waals surface area contributed by atoms with Crippen molar-refractivity contribution in [1.82, 2.24) is 34.5 Å². The Morgan fingerprint density at radius 2 is 1.90 bits per heavy atom. The number of likely N-dealkylation sites (N-methyl/N-ethyl adjacent to an activating group) is 1. The minimum absolute atomic E-state index is 0.118.